The number of furan rings is 1. The standard InChI is InChI=1S/C23H26N2O4/c1-15(20-11-17-6-4-5-7-19(17)29-20)24-23(26)14-25-9-8-16-10-21(27-2)22(28-3)12-18(16)13-25/h4-7,10-12,15H,8-9,13-14H2,1-3H3,(H,24,26)/t15-/m0/s1. The fraction of sp³-hybridized carbons (Fsp3) is 0.348. The number of hydrogen-bond acceptors (Lipinski definition) is 5. The van der Waals surface area contributed by atoms with Crippen molar-refractivity contribution in [1.29, 1.82) is 0 Å². The van der Waals surface area contributed by atoms with E-state index in [0.717, 1.165) is 41.2 Å². The first kappa shape index (κ1) is 19.3. The minimum absolute atomic E-state index is 0.0121. The average molecular weight is 394 g/mol. The van der Waals surface area contributed by atoms with E-state index in [-0.39, 0.29) is 11.9 Å². The Morgan fingerprint density at radius 2 is 1.86 bits per heavy atom. The van der Waals surface area contributed by atoms with Gasteiger partial charge in [0.25, 0.3) is 0 Å². The van der Waals surface area contributed by atoms with Crippen LogP contribution >= 0.6 is 0 Å². The van der Waals surface area contributed by atoms with Gasteiger partial charge in [0.15, 0.2) is 11.5 Å². The molecule has 1 aromatic heterocycles. The zero-order valence-corrected chi connectivity index (χ0v) is 17.0. The van der Waals surface area contributed by atoms with Crippen molar-refractivity contribution in [2.45, 2.75) is 25.9 Å². The molecule has 0 saturated heterocycles. The predicted octanol–water partition coefficient (Wildman–Crippen LogP) is 3.69. The molecule has 2 heterocycles. The number of benzene rings is 2. The fourth-order valence-electron chi connectivity index (χ4n) is 3.85. The number of carbonyl (C=O) groups is 1. The highest BCUT2D eigenvalue weighted by Crippen LogP contribution is 2.33. The molecule has 6 nitrogen and oxygen atoms in total. The van der Waals surface area contributed by atoms with Crippen LogP contribution in [0, 0.1) is 0 Å². The van der Waals surface area contributed by atoms with Crippen molar-refractivity contribution in [3.05, 3.63) is 59.4 Å². The van der Waals surface area contributed by atoms with Gasteiger partial charge in [0.1, 0.15) is 11.3 Å². The van der Waals surface area contributed by atoms with Gasteiger partial charge in [-0.05, 0) is 48.7 Å². The van der Waals surface area contributed by atoms with Crippen LogP contribution in [-0.2, 0) is 17.8 Å². The molecule has 1 N–H and O–H groups in total. The topological polar surface area (TPSA) is 63.9 Å². The third-order valence-corrected chi connectivity index (χ3v) is 5.41. The molecule has 0 spiro atoms. The number of fused-ring (bicyclic) bond motifs is 2. The molecule has 29 heavy (non-hydrogen) atoms. The SMILES string of the molecule is COc1cc2c(cc1OC)CN(CC(=O)N[C@@H](C)c1cc3ccccc3o1)CC2. The quantitative estimate of drug-likeness (QED) is 0.691. The van der Waals surface area contributed by atoms with Gasteiger partial charge in [-0.2, -0.15) is 0 Å². The second-order valence-corrected chi connectivity index (χ2v) is 7.41. The van der Waals surface area contributed by atoms with E-state index in [4.69, 9.17) is 13.9 Å². The van der Waals surface area contributed by atoms with Gasteiger partial charge in [0, 0.05) is 18.5 Å². The molecule has 1 aliphatic rings. The van der Waals surface area contributed by atoms with Crippen molar-refractivity contribution in [2.75, 3.05) is 27.3 Å². The Morgan fingerprint density at radius 3 is 2.59 bits per heavy atom. The summed E-state index contributed by atoms with van der Waals surface area (Å²) in [7, 11) is 3.28. The second-order valence-electron chi connectivity index (χ2n) is 7.41. The van der Waals surface area contributed by atoms with Crippen LogP contribution in [0.15, 0.2) is 46.9 Å². The lowest BCUT2D eigenvalue weighted by Crippen LogP contribution is -2.40. The molecule has 0 bridgehead atoms. The molecule has 152 valence electrons. The minimum atomic E-state index is -0.184. The van der Waals surface area contributed by atoms with Gasteiger partial charge in [-0.25, -0.2) is 0 Å². The van der Waals surface area contributed by atoms with Crippen molar-refractivity contribution in [3.8, 4) is 11.5 Å². The highest BCUT2D eigenvalue weighted by molar-refractivity contribution is 5.80. The molecule has 0 saturated carbocycles. The highest BCUT2D eigenvalue weighted by Gasteiger charge is 2.22. The van der Waals surface area contributed by atoms with Gasteiger partial charge in [-0.1, -0.05) is 18.2 Å². The number of methoxy groups -OCH3 is 2. The zero-order valence-electron chi connectivity index (χ0n) is 17.0. The van der Waals surface area contributed by atoms with Crippen LogP contribution in [-0.4, -0.2) is 38.1 Å². The first-order chi connectivity index (χ1) is 14.1. The molecule has 1 aliphatic heterocycles. The van der Waals surface area contributed by atoms with Crippen molar-refractivity contribution in [2.24, 2.45) is 0 Å². The van der Waals surface area contributed by atoms with Crippen LogP contribution in [0.3, 0.4) is 0 Å². The molecular formula is C23H26N2O4. The summed E-state index contributed by atoms with van der Waals surface area (Å²) < 4.78 is 16.7. The molecule has 0 unspecified atom stereocenters. The van der Waals surface area contributed by atoms with Crippen molar-refractivity contribution in [3.63, 3.8) is 0 Å². The predicted molar refractivity (Wildman–Crippen MR) is 111 cm³/mol. The fourth-order valence-corrected chi connectivity index (χ4v) is 3.85. The van der Waals surface area contributed by atoms with Crippen LogP contribution in [0.25, 0.3) is 11.0 Å². The van der Waals surface area contributed by atoms with Gasteiger partial charge in [-0.3, -0.25) is 9.69 Å². The minimum Gasteiger partial charge on any atom is -0.493 e. The van der Waals surface area contributed by atoms with Crippen molar-refractivity contribution >= 4 is 16.9 Å². The number of carbonyl (C=O) groups excluding carboxylic acids is 1. The Hall–Kier alpha value is -2.99. The lowest BCUT2D eigenvalue weighted by molar-refractivity contribution is -0.123. The molecule has 1 amide bonds. The van der Waals surface area contributed by atoms with E-state index in [0.29, 0.717) is 13.1 Å². The average Bonchev–Trinajstić information content (AvgIpc) is 3.17. The molecular weight excluding hydrogens is 368 g/mol. The summed E-state index contributed by atoms with van der Waals surface area (Å²) in [6.45, 7) is 3.83. The molecule has 2 aromatic carbocycles. The third kappa shape index (κ3) is 4.07. The zero-order chi connectivity index (χ0) is 20.4. The maximum Gasteiger partial charge on any atom is 0.234 e. The van der Waals surface area contributed by atoms with E-state index in [1.807, 2.05) is 49.4 Å². The normalized spacial score (nSPS) is 15.0. The van der Waals surface area contributed by atoms with E-state index in [9.17, 15) is 4.79 Å². The summed E-state index contributed by atoms with van der Waals surface area (Å²) in [6, 6.07) is 13.7. The Morgan fingerprint density at radius 1 is 1.14 bits per heavy atom. The summed E-state index contributed by atoms with van der Waals surface area (Å²) in [4.78, 5) is 14.8. The number of hydrogen-bond donors (Lipinski definition) is 1. The molecule has 6 heteroatoms. The number of nitrogens with one attached hydrogen (secondary N) is 1. The van der Waals surface area contributed by atoms with Crippen LogP contribution < -0.4 is 14.8 Å². The summed E-state index contributed by atoms with van der Waals surface area (Å²) in [6.07, 6.45) is 0.877. The molecule has 3 aromatic rings. The van der Waals surface area contributed by atoms with Gasteiger partial charge < -0.3 is 19.2 Å². The van der Waals surface area contributed by atoms with E-state index in [1.165, 1.54) is 11.1 Å². The number of rotatable bonds is 6. The van der Waals surface area contributed by atoms with E-state index in [1.54, 1.807) is 14.2 Å². The molecule has 4 rings (SSSR count). The van der Waals surface area contributed by atoms with Crippen LogP contribution in [0.1, 0.15) is 29.9 Å². The first-order valence-corrected chi connectivity index (χ1v) is 9.81. The molecule has 0 fully saturated rings. The first-order valence-electron chi connectivity index (χ1n) is 9.81. The largest absolute Gasteiger partial charge is 0.493 e. The van der Waals surface area contributed by atoms with E-state index in [2.05, 4.69) is 10.2 Å². The van der Waals surface area contributed by atoms with Crippen LogP contribution in [0.5, 0.6) is 11.5 Å². The van der Waals surface area contributed by atoms with Gasteiger partial charge in [0.05, 0.1) is 26.8 Å². The number of ether oxygens (including phenoxy) is 2. The summed E-state index contributed by atoms with van der Waals surface area (Å²) >= 11 is 0. The maximum absolute atomic E-state index is 12.6. The van der Waals surface area contributed by atoms with E-state index < -0.39 is 0 Å². The highest BCUT2D eigenvalue weighted by atomic mass is 16.5. The van der Waals surface area contributed by atoms with E-state index >= 15 is 0 Å². The van der Waals surface area contributed by atoms with Crippen molar-refractivity contribution in [1.82, 2.24) is 10.2 Å². The third-order valence-electron chi connectivity index (χ3n) is 5.41. The second kappa shape index (κ2) is 8.17. The molecule has 0 aliphatic carbocycles. The monoisotopic (exact) mass is 394 g/mol. The van der Waals surface area contributed by atoms with Crippen molar-refractivity contribution < 1.29 is 18.7 Å². The van der Waals surface area contributed by atoms with Gasteiger partial charge in [-0.15, -0.1) is 0 Å². The summed E-state index contributed by atoms with van der Waals surface area (Å²) in [5, 5.41) is 4.09. The lowest BCUT2D eigenvalue weighted by atomic mass is 9.99. The van der Waals surface area contributed by atoms with Gasteiger partial charge in [0.2, 0.25) is 5.91 Å². The lowest BCUT2D eigenvalue weighted by Gasteiger charge is -2.29. The smallest absolute Gasteiger partial charge is 0.234 e. The number of amides is 1. The Bertz CT molecular complexity index is 994. The Balaban J connectivity index is 1.39. The summed E-state index contributed by atoms with van der Waals surface area (Å²) in [5.74, 6) is 2.22. The Labute approximate surface area is 170 Å². The van der Waals surface area contributed by atoms with Gasteiger partial charge >= 0.3 is 0 Å². The van der Waals surface area contributed by atoms with Crippen LogP contribution in [0.2, 0.25) is 0 Å². The number of para-hydroxylation sites is 1. The van der Waals surface area contributed by atoms with Crippen LogP contribution in [0.4, 0.5) is 0 Å². The Kier molecular flexibility index (Phi) is 5.45. The summed E-state index contributed by atoms with van der Waals surface area (Å²) in [5.41, 5.74) is 3.25. The maximum atomic E-state index is 12.6. The molecule has 1 atom stereocenters. The number of nitrogens with zero attached hydrogens (tertiary/aromatic N) is 1. The molecule has 0 radical (unpaired) electrons.